The summed E-state index contributed by atoms with van der Waals surface area (Å²) in [6, 6.07) is 14.0. The topological polar surface area (TPSA) is 60.9 Å². The van der Waals surface area contributed by atoms with Gasteiger partial charge in [0.05, 0.1) is 6.26 Å². The zero-order valence-electron chi connectivity index (χ0n) is 15.6. The average molecular weight is 385 g/mol. The third-order valence-electron chi connectivity index (χ3n) is 5.25. The Kier molecular flexibility index (Phi) is 4.44. The molecule has 6 nitrogen and oxygen atoms in total. The zero-order chi connectivity index (χ0) is 19.2. The Morgan fingerprint density at radius 3 is 2.37 bits per heavy atom. The molecule has 1 saturated heterocycles. The zero-order valence-corrected chi connectivity index (χ0v) is 16.4. The van der Waals surface area contributed by atoms with Gasteiger partial charge >= 0.3 is 6.03 Å². The molecule has 142 valence electrons. The molecule has 1 fully saturated rings. The number of hydrogen-bond acceptors (Lipinski definition) is 3. The second kappa shape index (κ2) is 6.65. The lowest BCUT2D eigenvalue weighted by Crippen LogP contribution is -2.31. The second-order valence-corrected chi connectivity index (χ2v) is 9.31. The van der Waals surface area contributed by atoms with Crippen molar-refractivity contribution in [1.29, 1.82) is 0 Å². The summed E-state index contributed by atoms with van der Waals surface area (Å²) in [7, 11) is -3.21. The smallest absolute Gasteiger partial charge is 0.318 e. The molecule has 0 atom stereocenters. The highest BCUT2D eigenvalue weighted by Gasteiger charge is 2.31. The first kappa shape index (κ1) is 18.0. The number of carbonyl (C=O) groups is 1. The predicted octanol–water partition coefficient (Wildman–Crippen LogP) is 2.71. The van der Waals surface area contributed by atoms with Crippen molar-refractivity contribution in [2.45, 2.75) is 26.6 Å². The fourth-order valence-corrected chi connectivity index (χ4v) is 4.38. The number of benzene rings is 2. The van der Waals surface area contributed by atoms with E-state index in [-0.39, 0.29) is 6.03 Å². The normalized spacial score (nSPS) is 17.6. The maximum atomic E-state index is 12.8. The number of hydrogen-bond donors (Lipinski definition) is 0. The monoisotopic (exact) mass is 385 g/mol. The maximum absolute atomic E-state index is 12.8. The summed E-state index contributed by atoms with van der Waals surface area (Å²) in [5.74, 6) is 0. The van der Waals surface area contributed by atoms with Gasteiger partial charge in [-0.05, 0) is 35.7 Å². The Labute approximate surface area is 160 Å². The standard InChI is InChI=1S/C20H23N3O3S/c1-15-3-5-16(6-4-15)12-21-9-10-23(20(21)24)19-8-7-17-13-22(27(2,25)26)14-18(17)11-19/h3-8,11H,9-10,12-14H2,1-2H3. The summed E-state index contributed by atoms with van der Waals surface area (Å²) in [5, 5.41) is 0. The van der Waals surface area contributed by atoms with Gasteiger partial charge < -0.3 is 4.90 Å². The highest BCUT2D eigenvalue weighted by molar-refractivity contribution is 7.88. The number of amides is 2. The van der Waals surface area contributed by atoms with Crippen LogP contribution in [0.3, 0.4) is 0 Å². The van der Waals surface area contributed by atoms with Crippen LogP contribution in [0, 0.1) is 6.92 Å². The first-order valence-electron chi connectivity index (χ1n) is 9.00. The molecule has 0 saturated carbocycles. The van der Waals surface area contributed by atoms with E-state index in [1.807, 2.05) is 30.0 Å². The van der Waals surface area contributed by atoms with E-state index in [4.69, 9.17) is 0 Å². The summed E-state index contributed by atoms with van der Waals surface area (Å²) in [6.45, 7) is 4.74. The largest absolute Gasteiger partial charge is 0.324 e. The number of anilines is 1. The summed E-state index contributed by atoms with van der Waals surface area (Å²) in [6.07, 6.45) is 1.23. The van der Waals surface area contributed by atoms with Crippen LogP contribution in [0.5, 0.6) is 0 Å². The van der Waals surface area contributed by atoms with E-state index in [1.165, 1.54) is 16.1 Å². The van der Waals surface area contributed by atoms with Crippen LogP contribution in [0.2, 0.25) is 0 Å². The Hall–Kier alpha value is -2.38. The molecule has 2 aliphatic rings. The van der Waals surface area contributed by atoms with Gasteiger partial charge in [-0.3, -0.25) is 4.90 Å². The highest BCUT2D eigenvalue weighted by atomic mass is 32.2. The van der Waals surface area contributed by atoms with Gasteiger partial charge in [0.15, 0.2) is 0 Å². The quantitative estimate of drug-likeness (QED) is 0.813. The van der Waals surface area contributed by atoms with Crippen molar-refractivity contribution in [3.05, 3.63) is 64.7 Å². The van der Waals surface area contributed by atoms with Crippen LogP contribution >= 0.6 is 0 Å². The van der Waals surface area contributed by atoms with Gasteiger partial charge in [0, 0.05) is 38.4 Å². The molecular weight excluding hydrogens is 362 g/mol. The molecule has 0 unspecified atom stereocenters. The Morgan fingerprint density at radius 1 is 0.963 bits per heavy atom. The van der Waals surface area contributed by atoms with Crippen molar-refractivity contribution in [3.63, 3.8) is 0 Å². The number of sulfonamides is 1. The van der Waals surface area contributed by atoms with E-state index in [0.717, 1.165) is 22.4 Å². The van der Waals surface area contributed by atoms with Gasteiger partial charge in [0.25, 0.3) is 0 Å². The summed E-state index contributed by atoms with van der Waals surface area (Å²) < 4.78 is 25.0. The van der Waals surface area contributed by atoms with Crippen LogP contribution < -0.4 is 4.90 Å². The molecule has 2 aliphatic heterocycles. The molecule has 0 bridgehead atoms. The molecule has 2 aromatic carbocycles. The van der Waals surface area contributed by atoms with Gasteiger partial charge in [0.2, 0.25) is 10.0 Å². The lowest BCUT2D eigenvalue weighted by atomic mass is 10.1. The minimum absolute atomic E-state index is 0.00603. The van der Waals surface area contributed by atoms with E-state index in [1.54, 1.807) is 4.90 Å². The molecule has 2 aromatic rings. The second-order valence-electron chi connectivity index (χ2n) is 7.33. The molecule has 27 heavy (non-hydrogen) atoms. The average Bonchev–Trinajstić information content (AvgIpc) is 3.20. The van der Waals surface area contributed by atoms with Crippen molar-refractivity contribution in [2.75, 3.05) is 24.2 Å². The summed E-state index contributed by atoms with van der Waals surface area (Å²) in [4.78, 5) is 16.5. The van der Waals surface area contributed by atoms with Crippen molar-refractivity contribution < 1.29 is 13.2 Å². The first-order chi connectivity index (χ1) is 12.8. The lowest BCUT2D eigenvalue weighted by molar-refractivity contribution is 0.219. The molecule has 0 aliphatic carbocycles. The van der Waals surface area contributed by atoms with Crippen molar-refractivity contribution in [1.82, 2.24) is 9.21 Å². The minimum atomic E-state index is -3.21. The summed E-state index contributed by atoms with van der Waals surface area (Å²) in [5.41, 5.74) is 5.14. The molecule has 0 N–H and O–H groups in total. The molecular formula is C20H23N3O3S. The molecule has 2 heterocycles. The van der Waals surface area contributed by atoms with Crippen LogP contribution in [0.4, 0.5) is 10.5 Å². The van der Waals surface area contributed by atoms with Crippen LogP contribution in [-0.2, 0) is 29.7 Å². The first-order valence-corrected chi connectivity index (χ1v) is 10.8. The van der Waals surface area contributed by atoms with Crippen LogP contribution in [0.25, 0.3) is 0 Å². The Bertz CT molecular complexity index is 986. The van der Waals surface area contributed by atoms with Crippen LogP contribution in [0.15, 0.2) is 42.5 Å². The van der Waals surface area contributed by atoms with E-state index >= 15 is 0 Å². The van der Waals surface area contributed by atoms with Gasteiger partial charge in [-0.15, -0.1) is 0 Å². The fourth-order valence-electron chi connectivity index (χ4n) is 3.63. The van der Waals surface area contributed by atoms with Gasteiger partial charge in [-0.2, -0.15) is 4.31 Å². The maximum Gasteiger partial charge on any atom is 0.324 e. The van der Waals surface area contributed by atoms with Crippen molar-refractivity contribution in [3.8, 4) is 0 Å². The predicted molar refractivity (Wildman–Crippen MR) is 105 cm³/mol. The Morgan fingerprint density at radius 2 is 1.67 bits per heavy atom. The third kappa shape index (κ3) is 3.57. The number of carbonyl (C=O) groups excluding carboxylic acids is 1. The molecule has 4 rings (SSSR count). The molecule has 0 spiro atoms. The van der Waals surface area contributed by atoms with E-state index < -0.39 is 10.0 Å². The Balaban J connectivity index is 1.49. The van der Waals surface area contributed by atoms with Gasteiger partial charge in [0.1, 0.15) is 0 Å². The van der Waals surface area contributed by atoms with E-state index in [0.29, 0.717) is 32.7 Å². The molecule has 0 radical (unpaired) electrons. The SMILES string of the molecule is Cc1ccc(CN2CCN(c3ccc4c(c3)CN(S(C)(=O)=O)C4)C2=O)cc1. The minimum Gasteiger partial charge on any atom is -0.318 e. The lowest BCUT2D eigenvalue weighted by Gasteiger charge is -2.19. The number of aryl methyl sites for hydroxylation is 1. The van der Waals surface area contributed by atoms with E-state index in [2.05, 4.69) is 24.3 Å². The van der Waals surface area contributed by atoms with Gasteiger partial charge in [-0.25, -0.2) is 13.2 Å². The number of nitrogens with zero attached hydrogens (tertiary/aromatic N) is 3. The molecule has 2 amide bonds. The third-order valence-corrected chi connectivity index (χ3v) is 6.45. The number of urea groups is 1. The van der Waals surface area contributed by atoms with Gasteiger partial charge in [-0.1, -0.05) is 35.9 Å². The summed E-state index contributed by atoms with van der Waals surface area (Å²) >= 11 is 0. The molecule has 0 aromatic heterocycles. The van der Waals surface area contributed by atoms with Crippen LogP contribution in [-0.4, -0.2) is 43.0 Å². The van der Waals surface area contributed by atoms with Crippen molar-refractivity contribution >= 4 is 21.7 Å². The highest BCUT2D eigenvalue weighted by Crippen LogP contribution is 2.30. The number of rotatable bonds is 4. The van der Waals surface area contributed by atoms with Crippen LogP contribution in [0.1, 0.15) is 22.3 Å². The van der Waals surface area contributed by atoms with Crippen molar-refractivity contribution in [2.24, 2.45) is 0 Å². The fraction of sp³-hybridized carbons (Fsp3) is 0.350. The molecule has 7 heteroatoms. The van der Waals surface area contributed by atoms with E-state index in [9.17, 15) is 13.2 Å². The number of fused-ring (bicyclic) bond motifs is 1.